The average Bonchev–Trinajstić information content (AvgIpc) is 3.80. The number of nitrogens with zero attached hydrogens (tertiary/aromatic N) is 1. The van der Waals surface area contributed by atoms with Gasteiger partial charge in [-0.1, -0.05) is 20.8 Å². The van der Waals surface area contributed by atoms with Crippen LogP contribution in [0, 0.1) is 23.7 Å². The van der Waals surface area contributed by atoms with Crippen LogP contribution in [0.1, 0.15) is 73.6 Å². The molecule has 312 valence electrons. The SMILES string of the molecule is CC[C@H]1OC(=O)C[C@@H](O)[C@H](C)[C@@H](O[C@@H]2O[C@H](C)C[C@H](N(C)C)[C@H]2O)[C@@H](CCO)C[C@@H](C)C(=O)/C=C/[C@@]2(C)O[C@@H]2[C@@H]1CO[C@@H]1O[C@H](C)[C@@H](O)[C@@H](OC)[C@H]1OC. The first kappa shape index (κ1) is 45.1. The van der Waals surface area contributed by atoms with Crippen LogP contribution in [-0.2, 0) is 47.5 Å². The van der Waals surface area contributed by atoms with E-state index in [1.54, 1.807) is 19.9 Å². The number of aliphatic hydroxyl groups is 4. The number of methoxy groups -OCH3 is 2. The molecule has 4 aliphatic rings. The molecule has 18 atom stereocenters. The minimum Gasteiger partial charge on any atom is -0.462 e. The van der Waals surface area contributed by atoms with E-state index >= 15 is 0 Å². The first-order valence-corrected chi connectivity index (χ1v) is 19.5. The molecule has 4 aliphatic heterocycles. The van der Waals surface area contributed by atoms with Crippen LogP contribution in [0.25, 0.3) is 0 Å². The number of esters is 1. The minimum absolute atomic E-state index is 0.0157. The van der Waals surface area contributed by atoms with E-state index in [9.17, 15) is 30.0 Å². The molecule has 15 heteroatoms. The van der Waals surface area contributed by atoms with Crippen LogP contribution < -0.4 is 0 Å². The number of carbonyl (C=O) groups is 2. The van der Waals surface area contributed by atoms with Gasteiger partial charge in [0, 0.05) is 44.6 Å². The van der Waals surface area contributed by atoms with Crippen LogP contribution in [0.15, 0.2) is 12.2 Å². The predicted molar refractivity (Wildman–Crippen MR) is 195 cm³/mol. The summed E-state index contributed by atoms with van der Waals surface area (Å²) in [6.45, 7) is 10.7. The highest BCUT2D eigenvalue weighted by Gasteiger charge is 2.58. The number of ether oxygens (including phenoxy) is 8. The molecule has 3 saturated heterocycles. The van der Waals surface area contributed by atoms with E-state index in [2.05, 4.69) is 0 Å². The molecule has 0 aromatic rings. The zero-order valence-corrected chi connectivity index (χ0v) is 33.7. The third kappa shape index (κ3) is 10.7. The molecular formula is C39H67NO14. The van der Waals surface area contributed by atoms with Gasteiger partial charge in [-0.15, -0.1) is 0 Å². The number of epoxide rings is 1. The molecule has 0 aliphatic carbocycles. The smallest absolute Gasteiger partial charge is 0.308 e. The van der Waals surface area contributed by atoms with Gasteiger partial charge in [-0.2, -0.15) is 0 Å². The number of hydrogen-bond donors (Lipinski definition) is 4. The fourth-order valence-corrected chi connectivity index (χ4v) is 8.42. The lowest BCUT2D eigenvalue weighted by Crippen LogP contribution is -2.59. The van der Waals surface area contributed by atoms with Gasteiger partial charge in [0.1, 0.15) is 36.1 Å². The van der Waals surface area contributed by atoms with Crippen molar-refractivity contribution in [3.05, 3.63) is 12.2 Å². The number of likely N-dealkylation sites (N-methyl/N-ethyl adjacent to an activating group) is 1. The third-order valence-corrected chi connectivity index (χ3v) is 11.9. The Morgan fingerprint density at radius 1 is 0.944 bits per heavy atom. The molecule has 0 unspecified atom stereocenters. The topological polar surface area (TPSA) is 195 Å². The quantitative estimate of drug-likeness (QED) is 0.175. The molecule has 0 amide bonds. The third-order valence-electron chi connectivity index (χ3n) is 11.9. The lowest BCUT2D eigenvalue weighted by atomic mass is 9.79. The summed E-state index contributed by atoms with van der Waals surface area (Å²) in [4.78, 5) is 29.2. The van der Waals surface area contributed by atoms with E-state index in [4.69, 9.17) is 37.9 Å². The zero-order chi connectivity index (χ0) is 40.1. The molecule has 54 heavy (non-hydrogen) atoms. The largest absolute Gasteiger partial charge is 0.462 e. The summed E-state index contributed by atoms with van der Waals surface area (Å²) in [6, 6.07) is -0.249. The maximum Gasteiger partial charge on any atom is 0.308 e. The number of rotatable bonds is 11. The van der Waals surface area contributed by atoms with Crippen molar-refractivity contribution in [2.24, 2.45) is 23.7 Å². The van der Waals surface area contributed by atoms with Gasteiger partial charge in [0.25, 0.3) is 0 Å². The second-order valence-corrected chi connectivity index (χ2v) is 16.2. The molecular weight excluding hydrogens is 706 g/mol. The Hall–Kier alpha value is -1.60. The van der Waals surface area contributed by atoms with E-state index in [0.29, 0.717) is 19.3 Å². The summed E-state index contributed by atoms with van der Waals surface area (Å²) in [5, 5.41) is 43.8. The molecule has 0 bridgehead atoms. The highest BCUT2D eigenvalue weighted by Crippen LogP contribution is 2.45. The average molecular weight is 774 g/mol. The number of ketones is 1. The van der Waals surface area contributed by atoms with E-state index in [1.807, 2.05) is 46.7 Å². The van der Waals surface area contributed by atoms with Crippen LogP contribution >= 0.6 is 0 Å². The summed E-state index contributed by atoms with van der Waals surface area (Å²) < 4.78 is 48.4. The highest BCUT2D eigenvalue weighted by atomic mass is 16.7. The van der Waals surface area contributed by atoms with Crippen molar-refractivity contribution < 1.29 is 67.9 Å². The Morgan fingerprint density at radius 2 is 1.63 bits per heavy atom. The van der Waals surface area contributed by atoms with Gasteiger partial charge in [0.05, 0.1) is 43.5 Å². The van der Waals surface area contributed by atoms with Crippen LogP contribution in [-0.4, -0.2) is 164 Å². The number of aliphatic hydroxyl groups excluding tert-OH is 4. The number of hydrogen-bond acceptors (Lipinski definition) is 15. The molecule has 0 radical (unpaired) electrons. The van der Waals surface area contributed by atoms with E-state index < -0.39 is 103 Å². The monoisotopic (exact) mass is 773 g/mol. The van der Waals surface area contributed by atoms with Crippen molar-refractivity contribution in [1.82, 2.24) is 4.90 Å². The maximum absolute atomic E-state index is 13.7. The highest BCUT2D eigenvalue weighted by molar-refractivity contribution is 5.91. The van der Waals surface area contributed by atoms with Crippen LogP contribution in [0.3, 0.4) is 0 Å². The van der Waals surface area contributed by atoms with Crippen LogP contribution in [0.4, 0.5) is 0 Å². The van der Waals surface area contributed by atoms with Crippen molar-refractivity contribution in [2.45, 2.75) is 159 Å². The van der Waals surface area contributed by atoms with Crippen molar-refractivity contribution >= 4 is 11.8 Å². The predicted octanol–water partition coefficient (Wildman–Crippen LogP) is 1.60. The molecule has 4 heterocycles. The summed E-state index contributed by atoms with van der Waals surface area (Å²) in [6.07, 6.45) is -5.04. The van der Waals surface area contributed by atoms with E-state index in [1.165, 1.54) is 20.3 Å². The first-order valence-electron chi connectivity index (χ1n) is 19.5. The van der Waals surface area contributed by atoms with Crippen molar-refractivity contribution in [1.29, 1.82) is 0 Å². The van der Waals surface area contributed by atoms with E-state index in [-0.39, 0.29) is 44.0 Å². The van der Waals surface area contributed by atoms with E-state index in [0.717, 1.165) is 0 Å². The lowest BCUT2D eigenvalue weighted by molar-refractivity contribution is -0.305. The molecule has 0 saturated carbocycles. The van der Waals surface area contributed by atoms with Crippen molar-refractivity contribution in [2.75, 3.05) is 41.5 Å². The Labute approximate surface area is 320 Å². The Morgan fingerprint density at radius 3 is 2.24 bits per heavy atom. The summed E-state index contributed by atoms with van der Waals surface area (Å²) in [5.41, 5.74) is -0.870. The van der Waals surface area contributed by atoms with Gasteiger partial charge < -0.3 is 63.2 Å². The number of fused-ring (bicyclic) bond motifs is 1. The molecule has 0 aromatic carbocycles. The fourth-order valence-electron chi connectivity index (χ4n) is 8.42. The second kappa shape index (κ2) is 19.7. The Bertz CT molecular complexity index is 1240. The Kier molecular flexibility index (Phi) is 16.5. The van der Waals surface area contributed by atoms with Gasteiger partial charge >= 0.3 is 5.97 Å². The number of allylic oxidation sites excluding steroid dienone is 1. The van der Waals surface area contributed by atoms with Gasteiger partial charge in [0.2, 0.25) is 0 Å². The number of carbonyl (C=O) groups excluding carboxylic acids is 2. The molecule has 4 N–H and O–H groups in total. The summed E-state index contributed by atoms with van der Waals surface area (Å²) >= 11 is 0. The Balaban J connectivity index is 1.63. The standard InChI is InChI=1S/C39H67NO14/c1-11-29-25(19-49-38-35(48-10)34(47-9)31(45)23(5)51-38)36-39(6,54-36)14-12-27(42)20(2)16-24(13-15-41)33(22(4)28(43)18-30(44)52-29)53-37-32(46)26(40(7)8)17-21(3)50-37/h12,14,20-26,28-29,31-38,41,43,45-46H,11,13,15-19H2,1-10H3/b14-12+/t20-,21-,22+,23-,24+,25-,26+,28-,29-,31-,32-,33-,34-,35-,36-,37+,38-,39-/m1/s1. The van der Waals surface area contributed by atoms with Gasteiger partial charge in [-0.05, 0) is 78.6 Å². The molecule has 4 rings (SSSR count). The number of cyclic esters (lactones) is 1. The van der Waals surface area contributed by atoms with Gasteiger partial charge in [-0.25, -0.2) is 0 Å². The van der Waals surface area contributed by atoms with Crippen LogP contribution in [0.2, 0.25) is 0 Å². The van der Waals surface area contributed by atoms with Gasteiger partial charge in [0.15, 0.2) is 18.4 Å². The lowest BCUT2D eigenvalue weighted by Gasteiger charge is -2.44. The molecule has 3 fully saturated rings. The van der Waals surface area contributed by atoms with Crippen LogP contribution in [0.5, 0.6) is 0 Å². The summed E-state index contributed by atoms with van der Waals surface area (Å²) in [7, 11) is 6.71. The van der Waals surface area contributed by atoms with Crippen molar-refractivity contribution in [3.8, 4) is 0 Å². The zero-order valence-electron chi connectivity index (χ0n) is 33.7. The van der Waals surface area contributed by atoms with Gasteiger partial charge in [-0.3, -0.25) is 9.59 Å². The maximum atomic E-state index is 13.7. The molecule has 15 nitrogen and oxygen atoms in total. The van der Waals surface area contributed by atoms with Crippen molar-refractivity contribution in [3.63, 3.8) is 0 Å². The normalized spacial score (nSPS) is 46.2. The second-order valence-electron chi connectivity index (χ2n) is 16.2. The first-order chi connectivity index (χ1) is 25.5. The molecule has 0 spiro atoms. The summed E-state index contributed by atoms with van der Waals surface area (Å²) in [5.74, 6) is -2.93. The molecule has 0 aromatic heterocycles. The minimum atomic E-state index is -1.24. The fraction of sp³-hybridized carbons (Fsp3) is 0.897.